The van der Waals surface area contributed by atoms with Gasteiger partial charge in [-0.05, 0) is 18.6 Å². The second kappa shape index (κ2) is 7.84. The lowest BCUT2D eigenvalue weighted by molar-refractivity contribution is 0.102. The average Bonchev–Trinajstić information content (AvgIpc) is 2.75. The predicted octanol–water partition coefficient (Wildman–Crippen LogP) is 5.37. The fraction of sp³-hybridized carbons (Fsp3) is 0.0417. The minimum absolute atomic E-state index is 0.222. The number of amides is 1. The Labute approximate surface area is 163 Å². The molecule has 28 heavy (non-hydrogen) atoms. The SMILES string of the molecule is Cc1nc(-c2ccccc2)ncc1C(=O)Nc1ccccc1-c1ccccc1. The number of nitrogens with zero attached hydrogens (tertiary/aromatic N) is 2. The molecular formula is C24H19N3O. The van der Waals surface area contributed by atoms with Gasteiger partial charge in [0, 0.05) is 23.0 Å². The molecule has 3 aromatic carbocycles. The molecule has 0 saturated heterocycles. The largest absolute Gasteiger partial charge is 0.321 e. The van der Waals surface area contributed by atoms with Gasteiger partial charge in [0.05, 0.1) is 11.3 Å². The number of nitrogens with one attached hydrogen (secondary N) is 1. The van der Waals surface area contributed by atoms with Crippen LogP contribution in [0.3, 0.4) is 0 Å². The summed E-state index contributed by atoms with van der Waals surface area (Å²) in [5, 5.41) is 3.01. The summed E-state index contributed by atoms with van der Waals surface area (Å²) in [7, 11) is 0. The molecule has 4 heteroatoms. The number of hydrogen-bond acceptors (Lipinski definition) is 3. The van der Waals surface area contributed by atoms with Crippen LogP contribution in [0.2, 0.25) is 0 Å². The van der Waals surface area contributed by atoms with E-state index in [-0.39, 0.29) is 5.91 Å². The van der Waals surface area contributed by atoms with Gasteiger partial charge in [-0.2, -0.15) is 0 Å². The number of carbonyl (C=O) groups is 1. The predicted molar refractivity (Wildman–Crippen MR) is 112 cm³/mol. The Bertz CT molecular complexity index is 1110. The molecule has 0 atom stereocenters. The molecular weight excluding hydrogens is 346 g/mol. The third kappa shape index (κ3) is 3.67. The first-order valence-electron chi connectivity index (χ1n) is 9.07. The number of para-hydroxylation sites is 1. The van der Waals surface area contributed by atoms with Crippen molar-refractivity contribution in [1.82, 2.24) is 9.97 Å². The zero-order valence-electron chi connectivity index (χ0n) is 15.5. The highest BCUT2D eigenvalue weighted by Crippen LogP contribution is 2.28. The number of benzene rings is 3. The lowest BCUT2D eigenvalue weighted by Gasteiger charge is -2.12. The van der Waals surface area contributed by atoms with Crippen LogP contribution < -0.4 is 5.32 Å². The molecule has 0 aliphatic rings. The van der Waals surface area contributed by atoms with E-state index >= 15 is 0 Å². The van der Waals surface area contributed by atoms with Crippen molar-refractivity contribution < 1.29 is 4.79 Å². The van der Waals surface area contributed by atoms with Gasteiger partial charge >= 0.3 is 0 Å². The van der Waals surface area contributed by atoms with Crippen molar-refractivity contribution in [2.75, 3.05) is 5.32 Å². The summed E-state index contributed by atoms with van der Waals surface area (Å²) in [6, 6.07) is 27.5. The van der Waals surface area contributed by atoms with Gasteiger partial charge in [-0.15, -0.1) is 0 Å². The summed E-state index contributed by atoms with van der Waals surface area (Å²) in [6.45, 7) is 1.83. The molecule has 0 saturated carbocycles. The minimum Gasteiger partial charge on any atom is -0.321 e. The third-order valence-electron chi connectivity index (χ3n) is 4.52. The highest BCUT2D eigenvalue weighted by molar-refractivity contribution is 6.06. The molecule has 0 radical (unpaired) electrons. The first-order valence-corrected chi connectivity index (χ1v) is 9.07. The van der Waals surface area contributed by atoms with Crippen LogP contribution in [0.15, 0.2) is 91.1 Å². The van der Waals surface area contributed by atoms with Gasteiger partial charge < -0.3 is 5.32 Å². The smallest absolute Gasteiger partial charge is 0.259 e. The molecule has 0 spiro atoms. The van der Waals surface area contributed by atoms with E-state index in [2.05, 4.69) is 15.3 Å². The maximum atomic E-state index is 12.9. The topological polar surface area (TPSA) is 54.9 Å². The Morgan fingerprint density at radius 1 is 0.786 bits per heavy atom. The van der Waals surface area contributed by atoms with Gasteiger partial charge in [-0.25, -0.2) is 9.97 Å². The highest BCUT2D eigenvalue weighted by atomic mass is 16.1. The molecule has 1 aromatic heterocycles. The van der Waals surface area contributed by atoms with Gasteiger partial charge in [0.2, 0.25) is 0 Å². The lowest BCUT2D eigenvalue weighted by atomic mass is 10.0. The maximum absolute atomic E-state index is 12.9. The molecule has 136 valence electrons. The summed E-state index contributed by atoms with van der Waals surface area (Å²) < 4.78 is 0. The van der Waals surface area contributed by atoms with E-state index in [1.807, 2.05) is 91.9 Å². The van der Waals surface area contributed by atoms with E-state index in [0.717, 1.165) is 22.4 Å². The first-order chi connectivity index (χ1) is 13.7. The van der Waals surface area contributed by atoms with E-state index in [1.54, 1.807) is 6.20 Å². The van der Waals surface area contributed by atoms with E-state index in [9.17, 15) is 4.79 Å². The normalized spacial score (nSPS) is 10.5. The summed E-state index contributed by atoms with van der Waals surface area (Å²) in [4.78, 5) is 21.8. The van der Waals surface area contributed by atoms with Crippen molar-refractivity contribution in [3.05, 3.63) is 102 Å². The quantitative estimate of drug-likeness (QED) is 0.529. The van der Waals surface area contributed by atoms with Crippen molar-refractivity contribution in [2.24, 2.45) is 0 Å². The van der Waals surface area contributed by atoms with Gasteiger partial charge in [0.15, 0.2) is 5.82 Å². The van der Waals surface area contributed by atoms with Crippen molar-refractivity contribution in [3.8, 4) is 22.5 Å². The number of hydrogen-bond donors (Lipinski definition) is 1. The van der Waals surface area contributed by atoms with E-state index < -0.39 is 0 Å². The summed E-state index contributed by atoms with van der Waals surface area (Å²) in [6.07, 6.45) is 1.59. The van der Waals surface area contributed by atoms with Crippen molar-refractivity contribution >= 4 is 11.6 Å². The minimum atomic E-state index is -0.222. The van der Waals surface area contributed by atoms with E-state index in [4.69, 9.17) is 0 Å². The van der Waals surface area contributed by atoms with Crippen LogP contribution in [0, 0.1) is 6.92 Å². The molecule has 4 nitrogen and oxygen atoms in total. The standard InChI is InChI=1S/C24H19N3O/c1-17-21(16-25-23(26-17)19-12-6-3-7-13-19)24(28)27-22-15-9-8-14-20(22)18-10-4-2-5-11-18/h2-16H,1H3,(H,27,28). The molecule has 0 aliphatic heterocycles. The number of carbonyl (C=O) groups excluding carboxylic acids is 1. The molecule has 0 unspecified atom stereocenters. The lowest BCUT2D eigenvalue weighted by Crippen LogP contribution is -2.15. The fourth-order valence-corrected chi connectivity index (χ4v) is 3.07. The molecule has 0 bridgehead atoms. The second-order valence-corrected chi connectivity index (χ2v) is 6.42. The molecule has 0 aliphatic carbocycles. The zero-order valence-corrected chi connectivity index (χ0v) is 15.5. The number of anilines is 1. The summed E-state index contributed by atoms with van der Waals surface area (Å²) in [5.74, 6) is 0.389. The molecule has 4 rings (SSSR count). The molecule has 1 N–H and O–H groups in total. The highest BCUT2D eigenvalue weighted by Gasteiger charge is 2.14. The molecule has 4 aromatic rings. The van der Waals surface area contributed by atoms with Crippen molar-refractivity contribution in [1.29, 1.82) is 0 Å². The van der Waals surface area contributed by atoms with E-state index in [0.29, 0.717) is 17.1 Å². The Kier molecular flexibility index (Phi) is 4.93. The summed E-state index contributed by atoms with van der Waals surface area (Å²) in [5.41, 5.74) is 4.80. The van der Waals surface area contributed by atoms with Crippen LogP contribution in [0.4, 0.5) is 5.69 Å². The van der Waals surface area contributed by atoms with Crippen LogP contribution in [-0.4, -0.2) is 15.9 Å². The fourth-order valence-electron chi connectivity index (χ4n) is 3.07. The molecule has 1 heterocycles. The third-order valence-corrected chi connectivity index (χ3v) is 4.52. The van der Waals surface area contributed by atoms with Gasteiger partial charge in [-0.3, -0.25) is 4.79 Å². The molecule has 0 fully saturated rings. The molecule has 1 amide bonds. The van der Waals surface area contributed by atoms with Crippen molar-refractivity contribution in [3.63, 3.8) is 0 Å². The Hall–Kier alpha value is -3.79. The Morgan fingerprint density at radius 3 is 2.07 bits per heavy atom. The Morgan fingerprint density at radius 2 is 1.39 bits per heavy atom. The first kappa shape index (κ1) is 17.6. The number of rotatable bonds is 4. The van der Waals surface area contributed by atoms with Gasteiger partial charge in [0.1, 0.15) is 0 Å². The van der Waals surface area contributed by atoms with Gasteiger partial charge in [-0.1, -0.05) is 78.9 Å². The Balaban J connectivity index is 1.62. The summed E-state index contributed by atoms with van der Waals surface area (Å²) >= 11 is 0. The van der Waals surface area contributed by atoms with Crippen LogP contribution in [-0.2, 0) is 0 Å². The van der Waals surface area contributed by atoms with Crippen molar-refractivity contribution in [2.45, 2.75) is 6.92 Å². The van der Waals surface area contributed by atoms with Crippen LogP contribution >= 0.6 is 0 Å². The second-order valence-electron chi connectivity index (χ2n) is 6.42. The number of aromatic nitrogens is 2. The van der Waals surface area contributed by atoms with Crippen LogP contribution in [0.1, 0.15) is 16.1 Å². The maximum Gasteiger partial charge on any atom is 0.259 e. The van der Waals surface area contributed by atoms with Gasteiger partial charge in [0.25, 0.3) is 5.91 Å². The number of aryl methyl sites for hydroxylation is 1. The van der Waals surface area contributed by atoms with Crippen LogP contribution in [0.5, 0.6) is 0 Å². The average molecular weight is 365 g/mol. The monoisotopic (exact) mass is 365 g/mol. The van der Waals surface area contributed by atoms with Crippen LogP contribution in [0.25, 0.3) is 22.5 Å². The van der Waals surface area contributed by atoms with E-state index in [1.165, 1.54) is 0 Å². The zero-order chi connectivity index (χ0) is 19.3.